The van der Waals surface area contributed by atoms with E-state index in [0.717, 1.165) is 11.4 Å². The van der Waals surface area contributed by atoms with Crippen LogP contribution in [0.4, 0.5) is 0 Å². The number of nitrogens with zero attached hydrogens (tertiary/aromatic N) is 3. The molecule has 0 spiro atoms. The largest absolute Gasteiger partial charge is 0.495 e. The Bertz CT molecular complexity index is 441. The van der Waals surface area contributed by atoms with Crippen molar-refractivity contribution in [2.24, 2.45) is 0 Å². The number of methoxy groups -OCH3 is 1. The number of hydrogen-bond acceptors (Lipinski definition) is 3. The monoisotopic (exact) mass is 209 g/mol. The second-order valence-electron chi connectivity index (χ2n) is 2.64. The summed E-state index contributed by atoms with van der Waals surface area (Å²) in [6.07, 6.45) is 1.54. The van der Waals surface area contributed by atoms with Crippen LogP contribution in [0, 0.1) is 0 Å². The highest BCUT2D eigenvalue weighted by atomic mass is 35.5. The Morgan fingerprint density at radius 2 is 2.14 bits per heavy atom. The van der Waals surface area contributed by atoms with Gasteiger partial charge in [0.05, 0.1) is 12.8 Å². The molecule has 72 valence electrons. The van der Waals surface area contributed by atoms with E-state index in [0.29, 0.717) is 5.28 Å². The van der Waals surface area contributed by atoms with Crippen LogP contribution in [0.15, 0.2) is 30.6 Å². The van der Waals surface area contributed by atoms with E-state index in [1.807, 2.05) is 24.3 Å². The van der Waals surface area contributed by atoms with Crippen LogP contribution >= 0.6 is 11.6 Å². The van der Waals surface area contributed by atoms with Crippen LogP contribution in [0.3, 0.4) is 0 Å². The Morgan fingerprint density at radius 1 is 1.36 bits per heavy atom. The average Bonchev–Trinajstić information content (AvgIpc) is 2.64. The van der Waals surface area contributed by atoms with Gasteiger partial charge in [0.25, 0.3) is 0 Å². The summed E-state index contributed by atoms with van der Waals surface area (Å²) in [5.41, 5.74) is 0.824. The first kappa shape index (κ1) is 9.02. The summed E-state index contributed by atoms with van der Waals surface area (Å²) in [6.45, 7) is 0. The molecule has 1 heterocycles. The molecule has 1 aromatic heterocycles. The Kier molecular flexibility index (Phi) is 2.37. The number of hydrogen-bond donors (Lipinski definition) is 0. The zero-order chi connectivity index (χ0) is 9.97. The van der Waals surface area contributed by atoms with E-state index in [-0.39, 0.29) is 0 Å². The van der Waals surface area contributed by atoms with Crippen molar-refractivity contribution in [2.45, 2.75) is 0 Å². The Balaban J connectivity index is 2.56. The van der Waals surface area contributed by atoms with Gasteiger partial charge in [-0.25, -0.2) is 0 Å². The van der Waals surface area contributed by atoms with Gasteiger partial charge in [0.2, 0.25) is 5.28 Å². The summed E-state index contributed by atoms with van der Waals surface area (Å²) >= 11 is 5.84. The highest BCUT2D eigenvalue weighted by Gasteiger charge is 2.07. The molecular formula is C9H8ClN3O. The molecule has 4 nitrogen and oxygen atoms in total. The second-order valence-corrected chi connectivity index (χ2v) is 2.98. The molecular weight excluding hydrogens is 202 g/mol. The second kappa shape index (κ2) is 3.67. The maximum absolute atomic E-state index is 5.84. The summed E-state index contributed by atoms with van der Waals surface area (Å²) in [5.74, 6) is 0.731. The molecule has 2 aromatic rings. The van der Waals surface area contributed by atoms with E-state index in [1.165, 1.54) is 0 Å². The van der Waals surface area contributed by atoms with E-state index in [4.69, 9.17) is 16.3 Å². The lowest BCUT2D eigenvalue weighted by molar-refractivity contribution is 0.413. The molecule has 2 rings (SSSR count). The summed E-state index contributed by atoms with van der Waals surface area (Å²) < 4.78 is 6.84. The number of para-hydroxylation sites is 2. The predicted molar refractivity (Wildman–Crippen MR) is 52.9 cm³/mol. The number of rotatable bonds is 2. The van der Waals surface area contributed by atoms with Crippen LogP contribution in [-0.4, -0.2) is 21.9 Å². The molecule has 0 unspecified atom stereocenters. The lowest BCUT2D eigenvalue weighted by Gasteiger charge is -2.07. The van der Waals surface area contributed by atoms with Crippen molar-refractivity contribution in [2.75, 3.05) is 7.11 Å². The molecule has 1 aromatic carbocycles. The maximum Gasteiger partial charge on any atom is 0.229 e. The minimum Gasteiger partial charge on any atom is -0.495 e. The zero-order valence-electron chi connectivity index (χ0n) is 7.51. The third kappa shape index (κ3) is 1.44. The van der Waals surface area contributed by atoms with Crippen LogP contribution in [0.2, 0.25) is 5.28 Å². The van der Waals surface area contributed by atoms with Crippen LogP contribution < -0.4 is 4.74 Å². The third-order valence-corrected chi connectivity index (χ3v) is 2.11. The molecule has 0 saturated heterocycles. The normalized spacial score (nSPS) is 10.1. The quantitative estimate of drug-likeness (QED) is 0.759. The van der Waals surface area contributed by atoms with E-state index in [9.17, 15) is 0 Å². The summed E-state index contributed by atoms with van der Waals surface area (Å²) in [6, 6.07) is 7.52. The van der Waals surface area contributed by atoms with Crippen molar-refractivity contribution in [3.63, 3.8) is 0 Å². The van der Waals surface area contributed by atoms with Crippen LogP contribution in [-0.2, 0) is 0 Å². The highest BCUT2D eigenvalue weighted by Crippen LogP contribution is 2.23. The van der Waals surface area contributed by atoms with Gasteiger partial charge in [-0.3, -0.25) is 4.57 Å². The standard InChI is InChI=1S/C9H8ClN3O/c1-14-8-5-3-2-4-7(8)13-6-11-12-9(13)10/h2-6H,1H3. The minimum atomic E-state index is 0.314. The average molecular weight is 210 g/mol. The molecule has 0 aliphatic carbocycles. The molecule has 0 N–H and O–H groups in total. The SMILES string of the molecule is COc1ccccc1-n1cnnc1Cl. The lowest BCUT2D eigenvalue weighted by atomic mass is 10.3. The molecule has 0 bridgehead atoms. The van der Waals surface area contributed by atoms with Gasteiger partial charge < -0.3 is 4.74 Å². The van der Waals surface area contributed by atoms with Gasteiger partial charge in [-0.15, -0.1) is 10.2 Å². The Morgan fingerprint density at radius 3 is 2.79 bits per heavy atom. The third-order valence-electron chi connectivity index (χ3n) is 1.85. The topological polar surface area (TPSA) is 39.9 Å². The summed E-state index contributed by atoms with van der Waals surface area (Å²) in [4.78, 5) is 0. The lowest BCUT2D eigenvalue weighted by Crippen LogP contribution is -1.96. The molecule has 5 heteroatoms. The predicted octanol–water partition coefficient (Wildman–Crippen LogP) is 1.93. The van der Waals surface area contributed by atoms with Crippen molar-refractivity contribution in [3.05, 3.63) is 35.9 Å². The fourth-order valence-electron chi connectivity index (χ4n) is 1.21. The van der Waals surface area contributed by atoms with Gasteiger partial charge in [-0.05, 0) is 23.7 Å². The summed E-state index contributed by atoms with van der Waals surface area (Å²) in [7, 11) is 1.61. The maximum atomic E-state index is 5.84. The molecule has 0 amide bonds. The van der Waals surface area contributed by atoms with E-state index >= 15 is 0 Å². The van der Waals surface area contributed by atoms with Crippen molar-refractivity contribution in [3.8, 4) is 11.4 Å². The fraction of sp³-hybridized carbons (Fsp3) is 0.111. The van der Waals surface area contributed by atoms with Crippen molar-refractivity contribution in [1.82, 2.24) is 14.8 Å². The number of aromatic nitrogens is 3. The minimum absolute atomic E-state index is 0.314. The highest BCUT2D eigenvalue weighted by molar-refractivity contribution is 6.28. The zero-order valence-corrected chi connectivity index (χ0v) is 8.27. The van der Waals surface area contributed by atoms with E-state index < -0.39 is 0 Å². The first-order valence-electron chi connectivity index (χ1n) is 4.02. The molecule has 0 aliphatic heterocycles. The Labute approximate surface area is 86.1 Å². The summed E-state index contributed by atoms with van der Waals surface area (Å²) in [5, 5.41) is 7.70. The van der Waals surface area contributed by atoms with Gasteiger partial charge in [-0.1, -0.05) is 12.1 Å². The number of ether oxygens (including phenoxy) is 1. The van der Waals surface area contributed by atoms with Crippen molar-refractivity contribution in [1.29, 1.82) is 0 Å². The van der Waals surface area contributed by atoms with E-state index in [2.05, 4.69) is 10.2 Å². The van der Waals surface area contributed by atoms with Crippen LogP contribution in [0.5, 0.6) is 5.75 Å². The van der Waals surface area contributed by atoms with Crippen LogP contribution in [0.25, 0.3) is 5.69 Å². The molecule has 0 radical (unpaired) electrons. The molecule has 0 fully saturated rings. The smallest absolute Gasteiger partial charge is 0.229 e. The number of benzene rings is 1. The molecule has 0 atom stereocenters. The van der Waals surface area contributed by atoms with Crippen molar-refractivity contribution >= 4 is 11.6 Å². The van der Waals surface area contributed by atoms with Gasteiger partial charge in [0, 0.05) is 0 Å². The van der Waals surface area contributed by atoms with Crippen molar-refractivity contribution < 1.29 is 4.74 Å². The first-order valence-corrected chi connectivity index (χ1v) is 4.39. The molecule has 0 saturated carbocycles. The van der Waals surface area contributed by atoms with Crippen LogP contribution in [0.1, 0.15) is 0 Å². The molecule has 14 heavy (non-hydrogen) atoms. The van der Waals surface area contributed by atoms with E-state index in [1.54, 1.807) is 18.0 Å². The first-order chi connectivity index (χ1) is 6.83. The van der Waals surface area contributed by atoms with Gasteiger partial charge >= 0.3 is 0 Å². The number of halogens is 1. The Hall–Kier alpha value is -1.55. The van der Waals surface area contributed by atoms with Gasteiger partial charge in [-0.2, -0.15) is 0 Å². The van der Waals surface area contributed by atoms with Gasteiger partial charge in [0.1, 0.15) is 12.1 Å². The van der Waals surface area contributed by atoms with Gasteiger partial charge in [0.15, 0.2) is 0 Å². The fourth-order valence-corrected chi connectivity index (χ4v) is 1.39. The molecule has 0 aliphatic rings.